The van der Waals surface area contributed by atoms with Gasteiger partial charge in [-0.2, -0.15) is 0 Å². The van der Waals surface area contributed by atoms with Gasteiger partial charge in [-0.3, -0.25) is 33.3 Å². The van der Waals surface area contributed by atoms with E-state index in [0.29, 0.717) is 0 Å². The van der Waals surface area contributed by atoms with Gasteiger partial charge < -0.3 is 20.6 Å². The van der Waals surface area contributed by atoms with Crippen molar-refractivity contribution in [1.82, 2.24) is 19.8 Å². The fraction of sp³-hybridized carbons (Fsp3) is 0.308. The monoisotopic (exact) mass is 537 g/mol. The SMILES string of the molecule is Cc1ccc(/C=N/C2NC(=O)CN([SH]3C(C(=O)O)CN4C(=O)C(NC(=O)Cc5ccccc5)C43)C2=O)cc1. The number of β-lactam (4-membered cyclic amide) rings is 1. The summed E-state index contributed by atoms with van der Waals surface area (Å²) >= 11 is -1.86. The van der Waals surface area contributed by atoms with Crippen molar-refractivity contribution in [2.24, 2.45) is 4.99 Å². The number of aryl methyl sites for hydroxylation is 1. The maximum atomic E-state index is 13.5. The number of thiol groups is 1. The molecular weight excluding hydrogens is 510 g/mol. The molecule has 3 aliphatic rings. The van der Waals surface area contributed by atoms with Gasteiger partial charge in [0, 0.05) is 12.8 Å². The number of carbonyl (C=O) groups excluding carboxylic acids is 4. The highest BCUT2D eigenvalue weighted by atomic mass is 32.2. The molecule has 198 valence electrons. The summed E-state index contributed by atoms with van der Waals surface area (Å²) in [7, 11) is 0. The lowest BCUT2D eigenvalue weighted by atomic mass is 10.1. The van der Waals surface area contributed by atoms with Crippen LogP contribution >= 0.6 is 11.1 Å². The van der Waals surface area contributed by atoms with Gasteiger partial charge in [-0.15, -0.1) is 11.1 Å². The van der Waals surface area contributed by atoms with E-state index in [4.69, 9.17) is 0 Å². The Bertz CT molecular complexity index is 1320. The number of carboxylic acid groups (broad SMARTS) is 1. The summed E-state index contributed by atoms with van der Waals surface area (Å²) in [5.74, 6) is -2.95. The van der Waals surface area contributed by atoms with Crippen LogP contribution in [0.1, 0.15) is 16.7 Å². The van der Waals surface area contributed by atoms with Gasteiger partial charge >= 0.3 is 5.97 Å². The maximum Gasteiger partial charge on any atom is 0.318 e. The van der Waals surface area contributed by atoms with Crippen LogP contribution in [0.4, 0.5) is 0 Å². The van der Waals surface area contributed by atoms with E-state index in [1.807, 2.05) is 37.3 Å². The standard InChI is InChI=1S/C26H27N5O6S/c1-15-7-9-17(10-8-15)12-27-22-24(35)31(14-20(33)29-22)38-18(26(36)37)13-30-23(34)21(25(30)38)28-19(32)11-16-5-3-2-4-6-16/h2-10,12,18,21-22,25,38H,11,13-14H2,1H3,(H,28,32)(H,29,33)(H,36,37)/b27-12+. The molecule has 0 spiro atoms. The Hall–Kier alpha value is -4.19. The zero-order valence-electron chi connectivity index (χ0n) is 20.5. The molecule has 3 heterocycles. The number of aliphatic carboxylic acids is 1. The van der Waals surface area contributed by atoms with E-state index in [1.54, 1.807) is 24.3 Å². The summed E-state index contributed by atoms with van der Waals surface area (Å²) < 4.78 is 1.26. The minimum Gasteiger partial charge on any atom is -0.480 e. The average Bonchev–Trinajstić information content (AvgIpc) is 3.25. The number of carboxylic acids is 1. The minimum absolute atomic E-state index is 0.0540. The van der Waals surface area contributed by atoms with Crippen molar-refractivity contribution in [3.63, 3.8) is 0 Å². The molecule has 0 saturated carbocycles. The summed E-state index contributed by atoms with van der Waals surface area (Å²) in [5.41, 5.74) is 2.56. The molecule has 3 aliphatic heterocycles. The van der Waals surface area contributed by atoms with Crippen LogP contribution in [0.25, 0.3) is 0 Å². The van der Waals surface area contributed by atoms with Crippen LogP contribution in [0.2, 0.25) is 0 Å². The van der Waals surface area contributed by atoms with Gasteiger partial charge in [-0.1, -0.05) is 60.2 Å². The Morgan fingerprint density at radius 1 is 1.11 bits per heavy atom. The fourth-order valence-electron chi connectivity index (χ4n) is 4.85. The largest absolute Gasteiger partial charge is 0.480 e. The van der Waals surface area contributed by atoms with Crippen LogP contribution < -0.4 is 10.6 Å². The van der Waals surface area contributed by atoms with Crippen molar-refractivity contribution in [1.29, 1.82) is 0 Å². The first-order valence-electron chi connectivity index (χ1n) is 12.1. The number of aliphatic imine (C=N–C) groups is 1. The summed E-state index contributed by atoms with van der Waals surface area (Å²) in [6, 6.07) is 15.5. The number of hydrogen-bond acceptors (Lipinski definition) is 6. The first-order chi connectivity index (χ1) is 18.2. The predicted octanol–water partition coefficient (Wildman–Crippen LogP) is -0.0228. The molecule has 3 saturated heterocycles. The lowest BCUT2D eigenvalue weighted by molar-refractivity contribution is -0.148. The van der Waals surface area contributed by atoms with Crippen LogP contribution in [0, 0.1) is 6.92 Å². The Morgan fingerprint density at radius 2 is 1.82 bits per heavy atom. The van der Waals surface area contributed by atoms with Gasteiger partial charge in [-0.25, -0.2) is 0 Å². The van der Waals surface area contributed by atoms with Gasteiger partial charge in [0.2, 0.25) is 23.9 Å². The highest BCUT2D eigenvalue weighted by Gasteiger charge is 2.61. The second-order valence-corrected chi connectivity index (χ2v) is 11.8. The molecule has 12 heteroatoms. The molecule has 0 bridgehead atoms. The Kier molecular flexibility index (Phi) is 6.89. The topological polar surface area (TPSA) is 148 Å². The van der Waals surface area contributed by atoms with E-state index in [-0.39, 0.29) is 25.4 Å². The molecule has 5 rings (SSSR count). The summed E-state index contributed by atoms with van der Waals surface area (Å²) in [6.45, 7) is 1.52. The molecule has 5 unspecified atom stereocenters. The third-order valence-electron chi connectivity index (χ3n) is 6.74. The Morgan fingerprint density at radius 3 is 2.50 bits per heavy atom. The highest BCUT2D eigenvalue weighted by Crippen LogP contribution is 2.54. The summed E-state index contributed by atoms with van der Waals surface area (Å²) in [5, 5.41) is 13.5. The molecule has 2 aromatic rings. The van der Waals surface area contributed by atoms with E-state index in [1.165, 1.54) is 15.4 Å². The molecule has 38 heavy (non-hydrogen) atoms. The van der Waals surface area contributed by atoms with Crippen molar-refractivity contribution in [3.05, 3.63) is 71.3 Å². The zero-order valence-corrected chi connectivity index (χ0v) is 21.4. The molecule has 0 aromatic heterocycles. The van der Waals surface area contributed by atoms with Crippen molar-refractivity contribution in [2.75, 3.05) is 13.1 Å². The summed E-state index contributed by atoms with van der Waals surface area (Å²) in [6.07, 6.45) is 0.317. The van der Waals surface area contributed by atoms with Gasteiger partial charge in [-0.05, 0) is 18.1 Å². The Labute approximate surface area is 221 Å². The third-order valence-corrected chi connectivity index (χ3v) is 9.78. The number of benzene rings is 2. The van der Waals surface area contributed by atoms with Crippen molar-refractivity contribution in [2.45, 2.75) is 36.2 Å². The van der Waals surface area contributed by atoms with E-state index >= 15 is 0 Å². The molecule has 0 aliphatic carbocycles. The molecule has 2 aromatic carbocycles. The van der Waals surface area contributed by atoms with Gasteiger partial charge in [0.25, 0.3) is 5.91 Å². The quantitative estimate of drug-likeness (QED) is 0.222. The number of hydrogen-bond donors (Lipinski definition) is 4. The molecule has 3 N–H and O–H groups in total. The van der Waals surface area contributed by atoms with E-state index < -0.39 is 57.6 Å². The average molecular weight is 538 g/mol. The number of piperazine rings is 1. The predicted molar refractivity (Wildman–Crippen MR) is 140 cm³/mol. The van der Waals surface area contributed by atoms with Crippen LogP contribution in [0.3, 0.4) is 0 Å². The van der Waals surface area contributed by atoms with E-state index in [0.717, 1.165) is 16.7 Å². The van der Waals surface area contributed by atoms with Crippen LogP contribution in [0.15, 0.2) is 59.6 Å². The van der Waals surface area contributed by atoms with Crippen LogP contribution in [-0.2, 0) is 30.4 Å². The molecular formula is C26H27N5O6S. The molecule has 4 amide bonds. The van der Waals surface area contributed by atoms with Crippen LogP contribution in [0.5, 0.6) is 0 Å². The number of nitrogens with one attached hydrogen (secondary N) is 2. The zero-order chi connectivity index (χ0) is 27.0. The lowest BCUT2D eigenvalue weighted by Crippen LogP contribution is -2.69. The number of amides is 4. The lowest BCUT2D eigenvalue weighted by Gasteiger charge is -2.49. The van der Waals surface area contributed by atoms with E-state index in [2.05, 4.69) is 15.6 Å². The summed E-state index contributed by atoms with van der Waals surface area (Å²) in [4.78, 5) is 69.4. The molecule has 5 atom stereocenters. The first kappa shape index (κ1) is 25.5. The van der Waals surface area contributed by atoms with Gasteiger partial charge in [0.15, 0.2) is 0 Å². The minimum atomic E-state index is -1.86. The second kappa shape index (κ2) is 10.3. The normalized spacial score (nSPS) is 27.6. The number of carbonyl (C=O) groups is 5. The smallest absolute Gasteiger partial charge is 0.318 e. The third kappa shape index (κ3) is 4.86. The van der Waals surface area contributed by atoms with Crippen molar-refractivity contribution in [3.8, 4) is 0 Å². The fourth-order valence-corrected chi connectivity index (χ4v) is 8.04. The number of fused-ring (bicyclic) bond motifs is 1. The van der Waals surface area contributed by atoms with Gasteiger partial charge in [0.05, 0.1) is 6.42 Å². The highest BCUT2D eigenvalue weighted by molar-refractivity contribution is 8.17. The van der Waals surface area contributed by atoms with Gasteiger partial charge in [0.1, 0.15) is 23.2 Å². The molecule has 11 nitrogen and oxygen atoms in total. The molecule has 3 fully saturated rings. The van der Waals surface area contributed by atoms with Crippen molar-refractivity contribution < 1.29 is 29.1 Å². The van der Waals surface area contributed by atoms with Crippen LogP contribution in [-0.4, -0.2) is 86.0 Å². The van der Waals surface area contributed by atoms with E-state index in [9.17, 15) is 29.1 Å². The molecule has 0 radical (unpaired) electrons. The number of nitrogens with zero attached hydrogens (tertiary/aromatic N) is 3. The maximum absolute atomic E-state index is 13.5. The second-order valence-electron chi connectivity index (χ2n) is 9.40. The number of rotatable bonds is 7. The van der Waals surface area contributed by atoms with Crippen molar-refractivity contribution >= 4 is 46.9 Å². The first-order valence-corrected chi connectivity index (χ1v) is 13.5. The Balaban J connectivity index is 1.36.